The van der Waals surface area contributed by atoms with E-state index < -0.39 is 18.2 Å². The zero-order valence-electron chi connectivity index (χ0n) is 18.8. The molecule has 0 amide bonds. The minimum atomic E-state index is -0.692. The van der Waals surface area contributed by atoms with Crippen molar-refractivity contribution >= 4 is 5.97 Å². The molecule has 0 aliphatic heterocycles. The predicted molar refractivity (Wildman–Crippen MR) is 113 cm³/mol. The van der Waals surface area contributed by atoms with Crippen LogP contribution in [0, 0.1) is 52.3 Å². The van der Waals surface area contributed by atoms with Gasteiger partial charge >= 0.3 is 5.97 Å². The van der Waals surface area contributed by atoms with Crippen molar-refractivity contribution in [3.8, 4) is 0 Å². The minimum Gasteiger partial charge on any atom is -0.481 e. The zero-order chi connectivity index (χ0) is 21.1. The highest BCUT2D eigenvalue weighted by Gasteiger charge is 2.64. The third-order valence-corrected chi connectivity index (χ3v) is 10.6. The van der Waals surface area contributed by atoms with Gasteiger partial charge in [-0.1, -0.05) is 40.5 Å². The van der Waals surface area contributed by atoms with Crippen LogP contribution in [-0.4, -0.2) is 33.5 Å². The van der Waals surface area contributed by atoms with Gasteiger partial charge in [0, 0.05) is 0 Å². The molecule has 0 aromatic rings. The van der Waals surface area contributed by atoms with Crippen LogP contribution >= 0.6 is 0 Å². The monoisotopic (exact) mass is 406 g/mol. The first-order valence-corrected chi connectivity index (χ1v) is 12.2. The largest absolute Gasteiger partial charge is 0.481 e. The molecule has 0 radical (unpaired) electrons. The van der Waals surface area contributed by atoms with Crippen molar-refractivity contribution in [1.29, 1.82) is 0 Å². The van der Waals surface area contributed by atoms with Crippen LogP contribution in [0.5, 0.6) is 0 Å². The summed E-state index contributed by atoms with van der Waals surface area (Å²) in [7, 11) is 0. The van der Waals surface area contributed by atoms with Crippen molar-refractivity contribution in [3.05, 3.63) is 0 Å². The molecule has 4 heteroatoms. The number of carbonyl (C=O) groups is 1. The standard InChI is InChI=1S/C25H42O4/c1-14(13-15(2)23(28)29)16-8-9-17-20-18(10-12-25(16,17)4)24(3)11-6-5-7-19(24)21(26)22(20)27/h14-22,26-27H,5-13H2,1-4H3,(H,28,29)/t14-,15+,16-,17?,18?,19?,20?,21-,22+,24-,25-/m1/s1. The molecule has 29 heavy (non-hydrogen) atoms. The van der Waals surface area contributed by atoms with Crippen LogP contribution in [0.1, 0.15) is 85.5 Å². The smallest absolute Gasteiger partial charge is 0.306 e. The topological polar surface area (TPSA) is 77.8 Å². The van der Waals surface area contributed by atoms with Gasteiger partial charge in [0.1, 0.15) is 0 Å². The average molecular weight is 407 g/mol. The lowest BCUT2D eigenvalue weighted by atomic mass is 9.43. The molecule has 4 fully saturated rings. The Morgan fingerprint density at radius 1 is 0.897 bits per heavy atom. The first-order valence-electron chi connectivity index (χ1n) is 12.2. The Kier molecular flexibility index (Phi) is 5.60. The van der Waals surface area contributed by atoms with E-state index in [1.54, 1.807) is 0 Å². The summed E-state index contributed by atoms with van der Waals surface area (Å²) in [5.74, 6) is 1.36. The Morgan fingerprint density at radius 2 is 1.59 bits per heavy atom. The quantitative estimate of drug-likeness (QED) is 0.631. The molecule has 4 saturated carbocycles. The molecular formula is C25H42O4. The first kappa shape index (κ1) is 21.6. The van der Waals surface area contributed by atoms with Crippen LogP contribution < -0.4 is 0 Å². The van der Waals surface area contributed by atoms with E-state index >= 15 is 0 Å². The van der Waals surface area contributed by atoms with Crippen molar-refractivity contribution in [2.45, 2.75) is 97.7 Å². The molecule has 0 heterocycles. The van der Waals surface area contributed by atoms with Gasteiger partial charge < -0.3 is 15.3 Å². The Hall–Kier alpha value is -0.610. The summed E-state index contributed by atoms with van der Waals surface area (Å²) < 4.78 is 0. The maximum absolute atomic E-state index is 11.4. The molecule has 0 spiro atoms. The first-order chi connectivity index (χ1) is 13.6. The second-order valence-corrected chi connectivity index (χ2v) is 11.8. The van der Waals surface area contributed by atoms with E-state index in [9.17, 15) is 20.1 Å². The van der Waals surface area contributed by atoms with E-state index in [4.69, 9.17) is 0 Å². The number of fused-ring (bicyclic) bond motifs is 5. The van der Waals surface area contributed by atoms with E-state index in [2.05, 4.69) is 20.8 Å². The van der Waals surface area contributed by atoms with Crippen LogP contribution in [0.25, 0.3) is 0 Å². The molecule has 166 valence electrons. The van der Waals surface area contributed by atoms with Crippen LogP contribution in [-0.2, 0) is 4.79 Å². The van der Waals surface area contributed by atoms with Crippen molar-refractivity contribution < 1.29 is 20.1 Å². The van der Waals surface area contributed by atoms with E-state index in [0.29, 0.717) is 23.7 Å². The molecule has 4 aliphatic carbocycles. The lowest BCUT2D eigenvalue weighted by Crippen LogP contribution is -2.63. The van der Waals surface area contributed by atoms with Gasteiger partial charge in [0.05, 0.1) is 18.1 Å². The predicted octanol–water partition coefficient (Wildman–Crippen LogP) is 4.72. The zero-order valence-corrected chi connectivity index (χ0v) is 18.8. The van der Waals surface area contributed by atoms with Gasteiger partial charge in [-0.2, -0.15) is 0 Å². The van der Waals surface area contributed by atoms with E-state index in [0.717, 1.165) is 32.1 Å². The third-order valence-electron chi connectivity index (χ3n) is 10.6. The highest BCUT2D eigenvalue weighted by molar-refractivity contribution is 5.69. The second kappa shape index (κ2) is 7.51. The Labute approximate surface area is 176 Å². The van der Waals surface area contributed by atoms with Crippen LogP contribution in [0.2, 0.25) is 0 Å². The van der Waals surface area contributed by atoms with Gasteiger partial charge in [-0.15, -0.1) is 0 Å². The number of aliphatic hydroxyl groups is 2. The Bertz CT molecular complexity index is 634. The van der Waals surface area contributed by atoms with E-state index in [1.807, 2.05) is 6.92 Å². The minimum absolute atomic E-state index is 0.164. The average Bonchev–Trinajstić information content (AvgIpc) is 3.02. The number of carboxylic acid groups (broad SMARTS) is 1. The lowest BCUT2D eigenvalue weighted by Gasteiger charge is -2.63. The highest BCUT2D eigenvalue weighted by Crippen LogP contribution is 2.68. The molecule has 4 rings (SSSR count). The summed E-state index contributed by atoms with van der Waals surface area (Å²) in [5.41, 5.74) is 0.335. The van der Waals surface area contributed by atoms with Gasteiger partial charge in [0.25, 0.3) is 0 Å². The summed E-state index contributed by atoms with van der Waals surface area (Å²) in [6.07, 6.45) is 8.89. The number of hydrogen-bond acceptors (Lipinski definition) is 3. The van der Waals surface area contributed by atoms with Crippen LogP contribution in [0.4, 0.5) is 0 Å². The summed E-state index contributed by atoms with van der Waals surface area (Å²) in [6, 6.07) is 0. The van der Waals surface area contributed by atoms with Crippen molar-refractivity contribution in [3.63, 3.8) is 0 Å². The molecule has 3 N–H and O–H groups in total. The van der Waals surface area contributed by atoms with Gasteiger partial charge in [0.2, 0.25) is 0 Å². The number of aliphatic carboxylic acids is 1. The molecule has 0 saturated heterocycles. The van der Waals surface area contributed by atoms with Crippen molar-refractivity contribution in [2.75, 3.05) is 0 Å². The van der Waals surface area contributed by atoms with Gasteiger partial charge in [0.15, 0.2) is 0 Å². The number of hydrogen-bond donors (Lipinski definition) is 3. The molecule has 4 aliphatic rings. The van der Waals surface area contributed by atoms with Gasteiger partial charge in [-0.05, 0) is 91.3 Å². The summed E-state index contributed by atoms with van der Waals surface area (Å²) in [4.78, 5) is 11.4. The maximum Gasteiger partial charge on any atom is 0.306 e. The fraction of sp³-hybridized carbons (Fsp3) is 0.960. The van der Waals surface area contributed by atoms with Crippen LogP contribution in [0.15, 0.2) is 0 Å². The fourth-order valence-electron chi connectivity index (χ4n) is 9.11. The lowest BCUT2D eigenvalue weighted by molar-refractivity contribution is -0.215. The van der Waals surface area contributed by atoms with Crippen molar-refractivity contribution in [1.82, 2.24) is 0 Å². The molecule has 0 bridgehead atoms. The van der Waals surface area contributed by atoms with Gasteiger partial charge in [-0.25, -0.2) is 0 Å². The number of carboxylic acids is 1. The second-order valence-electron chi connectivity index (χ2n) is 11.8. The summed E-state index contributed by atoms with van der Waals surface area (Å²) in [5, 5.41) is 31.8. The fourth-order valence-corrected chi connectivity index (χ4v) is 9.11. The maximum atomic E-state index is 11.4. The third kappa shape index (κ3) is 3.19. The molecule has 0 aromatic heterocycles. The molecule has 0 aromatic carbocycles. The summed E-state index contributed by atoms with van der Waals surface area (Å²) >= 11 is 0. The van der Waals surface area contributed by atoms with E-state index in [-0.39, 0.29) is 28.6 Å². The van der Waals surface area contributed by atoms with E-state index in [1.165, 1.54) is 25.7 Å². The number of rotatable bonds is 4. The molecular weight excluding hydrogens is 364 g/mol. The number of aliphatic hydroxyl groups excluding tert-OH is 2. The van der Waals surface area contributed by atoms with Crippen molar-refractivity contribution in [2.24, 2.45) is 52.3 Å². The van der Waals surface area contributed by atoms with Crippen LogP contribution in [0.3, 0.4) is 0 Å². The Morgan fingerprint density at radius 3 is 2.28 bits per heavy atom. The normalized spacial score (nSPS) is 51.4. The molecule has 11 atom stereocenters. The highest BCUT2D eigenvalue weighted by atomic mass is 16.4. The SMILES string of the molecule is C[C@H](C[C@H](C)C(=O)O)[C@H]1CCC2C3C(CC[C@@]21C)[C@@]1(C)CCCCC1[C@@H](O)[C@H]3O. The molecule has 4 unspecified atom stereocenters. The summed E-state index contributed by atoms with van der Waals surface area (Å²) in [6.45, 7) is 8.90. The Balaban J connectivity index is 1.59. The molecule has 4 nitrogen and oxygen atoms in total. The van der Waals surface area contributed by atoms with Gasteiger partial charge in [-0.3, -0.25) is 4.79 Å².